The molecule has 0 N–H and O–H groups in total. The van der Waals surface area contributed by atoms with E-state index in [9.17, 15) is 19.2 Å². The average Bonchev–Trinajstić information content (AvgIpc) is 3.07. The van der Waals surface area contributed by atoms with Gasteiger partial charge in [0, 0.05) is 0 Å². The maximum atomic E-state index is 13.0. The summed E-state index contributed by atoms with van der Waals surface area (Å²) in [5, 5.41) is 1.21. The third-order valence-corrected chi connectivity index (χ3v) is 4.96. The van der Waals surface area contributed by atoms with E-state index >= 15 is 0 Å². The highest BCUT2D eigenvalue weighted by Gasteiger charge is 2.66. The van der Waals surface area contributed by atoms with Gasteiger partial charge in [0.2, 0.25) is 0 Å². The van der Waals surface area contributed by atoms with Gasteiger partial charge < -0.3 is 14.2 Å². The zero-order chi connectivity index (χ0) is 23.4. The number of β-lactam (4-membered cyclic amide) rings is 1. The lowest BCUT2D eigenvalue weighted by atomic mass is 9.88. The first-order chi connectivity index (χ1) is 14.4. The van der Waals surface area contributed by atoms with Crippen LogP contribution in [0.1, 0.15) is 67.2 Å². The largest absolute Gasteiger partial charge is 0.516 e. The lowest BCUT2D eigenvalue weighted by molar-refractivity contribution is -0.237. The van der Waals surface area contributed by atoms with E-state index in [1.165, 1.54) is 5.06 Å². The van der Waals surface area contributed by atoms with Crippen molar-refractivity contribution >= 4 is 24.1 Å². The highest BCUT2D eigenvalue weighted by molar-refractivity contribution is 5.98. The number of unbranched alkanes of at least 4 members (excludes halogenated alkanes) is 1. The average molecular weight is 443 g/mol. The van der Waals surface area contributed by atoms with Gasteiger partial charge in [0.05, 0.1) is 19.8 Å². The van der Waals surface area contributed by atoms with Gasteiger partial charge in [0.15, 0.2) is 0 Å². The molecule has 2 aliphatic rings. The third-order valence-electron chi connectivity index (χ3n) is 4.96. The topological polar surface area (TPSA) is 112 Å². The minimum atomic E-state index is -1.25. The number of esters is 1. The van der Waals surface area contributed by atoms with Crippen molar-refractivity contribution in [3.63, 3.8) is 0 Å². The summed E-state index contributed by atoms with van der Waals surface area (Å²) in [6, 6.07) is -1.14. The summed E-state index contributed by atoms with van der Waals surface area (Å²) in [5.74, 6) is -1.29. The highest BCUT2D eigenvalue weighted by atomic mass is 16.7. The fourth-order valence-corrected chi connectivity index (χ4v) is 3.48. The number of carbonyl (C=O) groups excluding carboxylic acids is 4. The van der Waals surface area contributed by atoms with Crippen LogP contribution in [0.2, 0.25) is 0 Å². The predicted molar refractivity (Wildman–Crippen MR) is 109 cm³/mol. The molecule has 2 fully saturated rings. The van der Waals surface area contributed by atoms with Crippen molar-refractivity contribution in [1.29, 1.82) is 0 Å². The normalized spacial score (nSPS) is 23.2. The molecule has 176 valence electrons. The molecule has 2 atom stereocenters. The monoisotopic (exact) mass is 442 g/mol. The van der Waals surface area contributed by atoms with Crippen molar-refractivity contribution < 1.29 is 38.2 Å². The van der Waals surface area contributed by atoms with Gasteiger partial charge in [-0.15, -0.1) is 0 Å². The van der Waals surface area contributed by atoms with E-state index in [2.05, 4.69) is 0 Å². The van der Waals surface area contributed by atoms with Gasteiger partial charge in [-0.25, -0.2) is 19.4 Å². The Hall–Kier alpha value is -2.36. The van der Waals surface area contributed by atoms with Gasteiger partial charge in [0.1, 0.15) is 17.2 Å². The molecule has 10 heteroatoms. The van der Waals surface area contributed by atoms with Gasteiger partial charge in [0.25, 0.3) is 5.91 Å². The number of hydrogen-bond acceptors (Lipinski definition) is 8. The van der Waals surface area contributed by atoms with Crippen LogP contribution in [-0.2, 0) is 28.6 Å². The van der Waals surface area contributed by atoms with Gasteiger partial charge in [-0.05, 0) is 46.0 Å². The molecule has 2 unspecified atom stereocenters. The molecule has 0 aromatic heterocycles. The second-order valence-corrected chi connectivity index (χ2v) is 9.34. The second-order valence-electron chi connectivity index (χ2n) is 9.34. The molecule has 0 radical (unpaired) electrons. The minimum Gasteiger partial charge on any atom is -0.444 e. The van der Waals surface area contributed by atoms with E-state index in [1.54, 1.807) is 20.8 Å². The maximum absolute atomic E-state index is 13.0. The van der Waals surface area contributed by atoms with E-state index in [1.807, 2.05) is 20.8 Å². The van der Waals surface area contributed by atoms with Crippen molar-refractivity contribution in [2.45, 2.75) is 84.4 Å². The lowest BCUT2D eigenvalue weighted by Gasteiger charge is -2.50. The Labute approximate surface area is 183 Å². The summed E-state index contributed by atoms with van der Waals surface area (Å²) in [7, 11) is 0. The molecule has 2 heterocycles. The Morgan fingerprint density at radius 1 is 1.23 bits per heavy atom. The Kier molecular flexibility index (Phi) is 7.91. The number of carbonyl (C=O) groups is 4. The van der Waals surface area contributed by atoms with E-state index in [0.29, 0.717) is 6.61 Å². The lowest BCUT2D eigenvalue weighted by Crippen LogP contribution is -2.74. The molecule has 2 aliphatic heterocycles. The number of nitrogens with zero attached hydrogens (tertiary/aromatic N) is 2. The highest BCUT2D eigenvalue weighted by Crippen LogP contribution is 2.43. The van der Waals surface area contributed by atoms with Crippen LogP contribution in [0.15, 0.2) is 0 Å². The van der Waals surface area contributed by atoms with Crippen LogP contribution in [0.3, 0.4) is 0 Å². The Balaban J connectivity index is 2.15. The van der Waals surface area contributed by atoms with E-state index in [0.717, 1.165) is 17.7 Å². The van der Waals surface area contributed by atoms with Crippen molar-refractivity contribution in [3.8, 4) is 0 Å². The van der Waals surface area contributed by atoms with E-state index in [-0.39, 0.29) is 31.9 Å². The molecule has 2 amide bonds. The van der Waals surface area contributed by atoms with Gasteiger partial charge in [-0.1, -0.05) is 27.2 Å². The molecular weight excluding hydrogens is 408 g/mol. The van der Waals surface area contributed by atoms with Crippen LogP contribution in [0.5, 0.6) is 0 Å². The van der Waals surface area contributed by atoms with Gasteiger partial charge in [-0.2, -0.15) is 0 Å². The van der Waals surface area contributed by atoms with Crippen LogP contribution in [-0.4, -0.2) is 71.0 Å². The summed E-state index contributed by atoms with van der Waals surface area (Å²) in [4.78, 5) is 57.0. The molecule has 0 bridgehead atoms. The Morgan fingerprint density at radius 3 is 2.45 bits per heavy atom. The number of hydroxylamine groups is 2. The standard InChI is InChI=1S/C21H34N2O8/c1-7-8-11-29-22-13-21(17(22)25)10-9-15(23(21)18(26)31-20(4,5)6)16(24)30-19(27)28-12-14(2)3/h14-15H,7-13H2,1-6H3. The van der Waals surface area contributed by atoms with Crippen molar-refractivity contribution in [2.24, 2.45) is 5.92 Å². The van der Waals surface area contributed by atoms with Crippen molar-refractivity contribution in [1.82, 2.24) is 9.96 Å². The molecule has 10 nitrogen and oxygen atoms in total. The predicted octanol–water partition coefficient (Wildman–Crippen LogP) is 3.03. The molecule has 31 heavy (non-hydrogen) atoms. The smallest absolute Gasteiger partial charge is 0.444 e. The molecule has 0 aromatic carbocycles. The fourth-order valence-electron chi connectivity index (χ4n) is 3.48. The first kappa shape index (κ1) is 24.9. The van der Waals surface area contributed by atoms with Crippen molar-refractivity contribution in [3.05, 3.63) is 0 Å². The first-order valence-electron chi connectivity index (χ1n) is 10.8. The van der Waals surface area contributed by atoms with Crippen LogP contribution in [0.4, 0.5) is 9.59 Å². The van der Waals surface area contributed by atoms with Crippen LogP contribution in [0.25, 0.3) is 0 Å². The zero-order valence-corrected chi connectivity index (χ0v) is 19.3. The number of rotatable bonds is 7. The summed E-state index contributed by atoms with van der Waals surface area (Å²) in [6.45, 7) is 11.4. The summed E-state index contributed by atoms with van der Waals surface area (Å²) in [5.41, 5.74) is -2.09. The van der Waals surface area contributed by atoms with Crippen LogP contribution >= 0.6 is 0 Å². The fraction of sp³-hybridized carbons (Fsp3) is 0.810. The minimum absolute atomic E-state index is 0.0713. The molecule has 2 saturated heterocycles. The number of amides is 2. The van der Waals surface area contributed by atoms with Crippen molar-refractivity contribution in [2.75, 3.05) is 19.8 Å². The van der Waals surface area contributed by atoms with Crippen LogP contribution in [0, 0.1) is 5.92 Å². The SMILES string of the molecule is CCCCON1CC2(CCC(C(=O)OC(=O)OCC(C)C)N2C(=O)OC(C)(C)C)C1=O. The maximum Gasteiger partial charge on any atom is 0.516 e. The van der Waals surface area contributed by atoms with E-state index < -0.39 is 41.3 Å². The third kappa shape index (κ3) is 5.87. The van der Waals surface area contributed by atoms with Gasteiger partial charge >= 0.3 is 18.2 Å². The number of likely N-dealkylation sites (tertiary alicyclic amines) is 1. The molecule has 0 saturated carbocycles. The summed E-state index contributed by atoms with van der Waals surface area (Å²) in [6.07, 6.45) is 0.152. The quantitative estimate of drug-likeness (QED) is 0.256. The molecular formula is C21H34N2O8. The number of ether oxygens (including phenoxy) is 3. The second kappa shape index (κ2) is 9.84. The summed E-state index contributed by atoms with van der Waals surface area (Å²) < 4.78 is 15.1. The Bertz CT molecular complexity index is 702. The molecule has 2 rings (SSSR count). The molecule has 0 aromatic rings. The van der Waals surface area contributed by atoms with Crippen LogP contribution < -0.4 is 0 Å². The Morgan fingerprint density at radius 2 is 1.90 bits per heavy atom. The van der Waals surface area contributed by atoms with E-state index in [4.69, 9.17) is 19.0 Å². The first-order valence-corrected chi connectivity index (χ1v) is 10.8. The number of hydrogen-bond donors (Lipinski definition) is 0. The molecule has 0 aliphatic carbocycles. The van der Waals surface area contributed by atoms with Gasteiger partial charge in [-0.3, -0.25) is 14.5 Å². The molecule has 1 spiro atoms. The summed E-state index contributed by atoms with van der Waals surface area (Å²) >= 11 is 0. The zero-order valence-electron chi connectivity index (χ0n) is 19.3.